The largest absolute Gasteiger partial charge is 0.475 e. The summed E-state index contributed by atoms with van der Waals surface area (Å²) in [5.74, 6) is 1.60. The van der Waals surface area contributed by atoms with Crippen molar-refractivity contribution >= 4 is 22.8 Å². The zero-order valence-electron chi connectivity index (χ0n) is 18.2. The first-order valence-corrected chi connectivity index (χ1v) is 12.2. The van der Waals surface area contributed by atoms with Gasteiger partial charge in [-0.1, -0.05) is 0 Å². The molecular weight excluding hydrogens is 438 g/mol. The standard InChI is InChI=1S/C23H25N7O2S/c24-13-16-11-20-19(26-14-16)1-2-22(31)30(20)8-7-29-5-3-17(4-6-29)25-15-18-12-21-23(28-27-18)32-9-10-33-21/h1-2,11-12,14,17,25H,3-10,15H2. The van der Waals surface area contributed by atoms with Gasteiger partial charge in [-0.25, -0.2) is 0 Å². The Balaban J connectivity index is 1.14. The van der Waals surface area contributed by atoms with Crippen molar-refractivity contribution in [2.24, 2.45) is 0 Å². The van der Waals surface area contributed by atoms with Gasteiger partial charge >= 0.3 is 0 Å². The summed E-state index contributed by atoms with van der Waals surface area (Å²) in [7, 11) is 0. The molecule has 0 radical (unpaired) electrons. The second-order valence-corrected chi connectivity index (χ2v) is 9.40. The van der Waals surface area contributed by atoms with E-state index in [0.717, 1.165) is 54.3 Å². The van der Waals surface area contributed by atoms with Crippen LogP contribution in [-0.2, 0) is 13.1 Å². The van der Waals surface area contributed by atoms with Crippen LogP contribution in [0.1, 0.15) is 24.1 Å². The average molecular weight is 464 g/mol. The number of hydrogen-bond donors (Lipinski definition) is 1. The fourth-order valence-electron chi connectivity index (χ4n) is 4.29. The third-order valence-electron chi connectivity index (χ3n) is 6.12. The maximum Gasteiger partial charge on any atom is 0.251 e. The summed E-state index contributed by atoms with van der Waals surface area (Å²) in [4.78, 5) is 20.2. The summed E-state index contributed by atoms with van der Waals surface area (Å²) in [6, 6.07) is 9.62. The molecule has 0 atom stereocenters. The van der Waals surface area contributed by atoms with Crippen molar-refractivity contribution in [3.63, 3.8) is 0 Å². The Morgan fingerprint density at radius 1 is 1.21 bits per heavy atom. The molecule has 1 fully saturated rings. The molecule has 0 saturated carbocycles. The third kappa shape index (κ3) is 5.00. The van der Waals surface area contributed by atoms with E-state index in [1.807, 2.05) is 0 Å². The number of likely N-dealkylation sites (tertiary alicyclic amines) is 1. The molecule has 0 amide bonds. The Morgan fingerprint density at radius 2 is 2.09 bits per heavy atom. The second kappa shape index (κ2) is 9.87. The molecule has 10 heteroatoms. The second-order valence-electron chi connectivity index (χ2n) is 8.26. The predicted molar refractivity (Wildman–Crippen MR) is 125 cm³/mol. The van der Waals surface area contributed by atoms with E-state index < -0.39 is 0 Å². The fourth-order valence-corrected chi connectivity index (χ4v) is 5.12. The van der Waals surface area contributed by atoms with Crippen LogP contribution in [0.25, 0.3) is 11.0 Å². The number of rotatable bonds is 6. The molecule has 0 aromatic carbocycles. The number of fused-ring (bicyclic) bond motifs is 2. The molecule has 5 heterocycles. The van der Waals surface area contributed by atoms with Gasteiger partial charge in [0.1, 0.15) is 6.07 Å². The topological polar surface area (TPSA) is 109 Å². The number of hydrogen-bond acceptors (Lipinski definition) is 9. The highest BCUT2D eigenvalue weighted by atomic mass is 32.2. The minimum absolute atomic E-state index is 0.0642. The zero-order chi connectivity index (χ0) is 22.6. The van der Waals surface area contributed by atoms with Crippen molar-refractivity contribution in [3.8, 4) is 11.9 Å². The Hall–Kier alpha value is -3.00. The van der Waals surface area contributed by atoms with Crippen LogP contribution in [0.15, 0.2) is 40.2 Å². The number of nitrogens with zero attached hydrogens (tertiary/aromatic N) is 6. The molecule has 9 nitrogen and oxygen atoms in total. The molecule has 33 heavy (non-hydrogen) atoms. The Morgan fingerprint density at radius 3 is 2.94 bits per heavy atom. The molecular formula is C23H25N7O2S. The molecule has 2 aliphatic heterocycles. The lowest BCUT2D eigenvalue weighted by Crippen LogP contribution is -2.43. The van der Waals surface area contributed by atoms with Crippen molar-refractivity contribution in [2.75, 3.05) is 32.0 Å². The Labute approximate surface area is 195 Å². The van der Waals surface area contributed by atoms with Crippen molar-refractivity contribution in [1.82, 2.24) is 30.0 Å². The van der Waals surface area contributed by atoms with Gasteiger partial charge in [-0.15, -0.1) is 16.9 Å². The molecule has 3 aromatic rings. The lowest BCUT2D eigenvalue weighted by Gasteiger charge is -2.32. The van der Waals surface area contributed by atoms with Crippen molar-refractivity contribution in [1.29, 1.82) is 5.26 Å². The summed E-state index contributed by atoms with van der Waals surface area (Å²) in [5, 5.41) is 21.3. The van der Waals surface area contributed by atoms with Crippen LogP contribution in [-0.4, -0.2) is 62.7 Å². The van der Waals surface area contributed by atoms with Gasteiger partial charge in [-0.3, -0.25) is 9.78 Å². The number of piperidine rings is 1. The average Bonchev–Trinajstić information content (AvgIpc) is 2.87. The van der Waals surface area contributed by atoms with E-state index in [4.69, 9.17) is 4.74 Å². The van der Waals surface area contributed by atoms with Crippen LogP contribution in [0.5, 0.6) is 5.88 Å². The first-order valence-electron chi connectivity index (χ1n) is 11.2. The molecule has 1 saturated heterocycles. The molecule has 0 spiro atoms. The predicted octanol–water partition coefficient (Wildman–Crippen LogP) is 1.80. The maximum atomic E-state index is 12.5. The van der Waals surface area contributed by atoms with Gasteiger partial charge in [-0.05, 0) is 44.1 Å². The van der Waals surface area contributed by atoms with Gasteiger partial charge in [-0.2, -0.15) is 10.4 Å². The lowest BCUT2D eigenvalue weighted by molar-refractivity contribution is 0.191. The molecule has 0 unspecified atom stereocenters. The van der Waals surface area contributed by atoms with E-state index in [1.54, 1.807) is 34.5 Å². The van der Waals surface area contributed by atoms with Crippen LogP contribution >= 0.6 is 11.8 Å². The van der Waals surface area contributed by atoms with E-state index in [9.17, 15) is 10.1 Å². The van der Waals surface area contributed by atoms with Crippen LogP contribution in [0.2, 0.25) is 0 Å². The monoisotopic (exact) mass is 463 g/mol. The third-order valence-corrected chi connectivity index (χ3v) is 7.10. The molecule has 170 valence electrons. The van der Waals surface area contributed by atoms with Crippen LogP contribution in [0.3, 0.4) is 0 Å². The number of aromatic nitrogens is 4. The maximum absolute atomic E-state index is 12.5. The first-order chi connectivity index (χ1) is 16.2. The zero-order valence-corrected chi connectivity index (χ0v) is 19.1. The molecule has 3 aromatic heterocycles. The normalized spacial score (nSPS) is 16.8. The number of nitriles is 1. The van der Waals surface area contributed by atoms with Crippen molar-refractivity contribution < 1.29 is 4.74 Å². The molecule has 1 N–H and O–H groups in total. The summed E-state index contributed by atoms with van der Waals surface area (Å²) < 4.78 is 7.25. The highest BCUT2D eigenvalue weighted by Crippen LogP contribution is 2.30. The van der Waals surface area contributed by atoms with E-state index in [2.05, 4.69) is 37.5 Å². The Kier molecular flexibility index (Phi) is 6.53. The van der Waals surface area contributed by atoms with Crippen molar-refractivity contribution in [3.05, 3.63) is 52.1 Å². The van der Waals surface area contributed by atoms with Gasteiger partial charge in [0.15, 0.2) is 0 Å². The van der Waals surface area contributed by atoms with Crippen LogP contribution < -0.4 is 15.6 Å². The van der Waals surface area contributed by atoms with Gasteiger partial charge in [0.25, 0.3) is 5.56 Å². The smallest absolute Gasteiger partial charge is 0.251 e. The van der Waals surface area contributed by atoms with Crippen molar-refractivity contribution in [2.45, 2.75) is 36.9 Å². The van der Waals surface area contributed by atoms with E-state index in [-0.39, 0.29) is 5.56 Å². The summed E-state index contributed by atoms with van der Waals surface area (Å²) in [5.41, 5.74) is 2.78. The van der Waals surface area contributed by atoms with Gasteiger partial charge in [0, 0.05) is 43.7 Å². The van der Waals surface area contributed by atoms with Gasteiger partial charge in [0.05, 0.1) is 33.8 Å². The lowest BCUT2D eigenvalue weighted by atomic mass is 10.0. The van der Waals surface area contributed by atoms with Crippen LogP contribution in [0.4, 0.5) is 0 Å². The minimum Gasteiger partial charge on any atom is -0.475 e. The number of pyridine rings is 2. The summed E-state index contributed by atoms with van der Waals surface area (Å²) in [6.45, 7) is 4.70. The minimum atomic E-state index is -0.0642. The SMILES string of the molecule is N#Cc1cnc2ccc(=O)n(CCN3CCC(NCc4cc5c(nn4)OCCS5)CC3)c2c1. The van der Waals surface area contributed by atoms with Crippen LogP contribution in [0, 0.1) is 11.3 Å². The van der Waals surface area contributed by atoms with E-state index >= 15 is 0 Å². The Bertz CT molecular complexity index is 1250. The van der Waals surface area contributed by atoms with Gasteiger partial charge < -0.3 is 19.5 Å². The quantitative estimate of drug-likeness (QED) is 0.585. The molecule has 5 rings (SSSR count). The number of ether oxygens (including phenoxy) is 1. The highest BCUT2D eigenvalue weighted by molar-refractivity contribution is 7.99. The molecule has 0 aliphatic carbocycles. The fraction of sp³-hybridized carbons (Fsp3) is 0.435. The first kappa shape index (κ1) is 21.8. The molecule has 2 aliphatic rings. The van der Waals surface area contributed by atoms with E-state index in [0.29, 0.717) is 42.7 Å². The molecule has 0 bridgehead atoms. The summed E-state index contributed by atoms with van der Waals surface area (Å²) >= 11 is 1.77. The number of thioether (sulfide) groups is 1. The van der Waals surface area contributed by atoms with E-state index in [1.165, 1.54) is 6.20 Å². The highest BCUT2D eigenvalue weighted by Gasteiger charge is 2.20. The van der Waals surface area contributed by atoms with Gasteiger partial charge in [0.2, 0.25) is 5.88 Å². The number of nitrogens with one attached hydrogen (secondary N) is 1. The summed E-state index contributed by atoms with van der Waals surface area (Å²) in [6.07, 6.45) is 3.62.